The Bertz CT molecular complexity index is 728. The molecular weight excluding hydrogens is 231 g/mol. The lowest BCUT2D eigenvalue weighted by molar-refractivity contribution is 0.475. The summed E-state index contributed by atoms with van der Waals surface area (Å²) in [6.07, 6.45) is 3.18. The molecule has 0 aliphatic carbocycles. The van der Waals surface area contributed by atoms with Crippen molar-refractivity contribution in [3.05, 3.63) is 54.6 Å². The second kappa shape index (κ2) is 4.07. The van der Waals surface area contributed by atoms with Crippen LogP contribution in [-0.2, 0) is 0 Å². The van der Waals surface area contributed by atoms with Crippen molar-refractivity contribution in [1.29, 1.82) is 0 Å². The van der Waals surface area contributed by atoms with Gasteiger partial charge in [0.25, 0.3) is 0 Å². The number of halogens is 1. The van der Waals surface area contributed by atoms with Gasteiger partial charge in [-0.1, -0.05) is 6.07 Å². The summed E-state index contributed by atoms with van der Waals surface area (Å²) in [6, 6.07) is 9.39. The number of benzene rings is 1. The molecule has 1 aromatic carbocycles. The molecule has 0 saturated carbocycles. The molecular formula is C14H9FN2O. The van der Waals surface area contributed by atoms with E-state index >= 15 is 0 Å². The minimum Gasteiger partial charge on any atom is -0.506 e. The average Bonchev–Trinajstić information content (AvgIpc) is 2.38. The molecule has 88 valence electrons. The van der Waals surface area contributed by atoms with E-state index in [0.717, 1.165) is 0 Å². The highest BCUT2D eigenvalue weighted by Gasteiger charge is 2.11. The van der Waals surface area contributed by atoms with Crippen molar-refractivity contribution in [1.82, 2.24) is 9.97 Å². The van der Waals surface area contributed by atoms with Crippen LogP contribution in [0.15, 0.2) is 48.8 Å². The third-order valence-electron chi connectivity index (χ3n) is 2.71. The van der Waals surface area contributed by atoms with Crippen molar-refractivity contribution in [2.24, 2.45) is 0 Å². The summed E-state index contributed by atoms with van der Waals surface area (Å²) < 4.78 is 13.6. The molecule has 3 aromatic rings. The average molecular weight is 240 g/mol. The SMILES string of the molecule is Oc1cccnc1-c1cc(F)cc2cccnc12. The predicted molar refractivity (Wildman–Crippen MR) is 66.6 cm³/mol. The van der Waals surface area contributed by atoms with Gasteiger partial charge in [0.1, 0.15) is 17.3 Å². The van der Waals surface area contributed by atoms with E-state index in [9.17, 15) is 9.50 Å². The van der Waals surface area contributed by atoms with Crippen LogP contribution < -0.4 is 0 Å². The van der Waals surface area contributed by atoms with E-state index in [1.165, 1.54) is 18.2 Å². The lowest BCUT2D eigenvalue weighted by Gasteiger charge is -2.07. The molecule has 2 aromatic heterocycles. The summed E-state index contributed by atoms with van der Waals surface area (Å²) >= 11 is 0. The van der Waals surface area contributed by atoms with Gasteiger partial charge >= 0.3 is 0 Å². The van der Waals surface area contributed by atoms with Crippen LogP contribution in [0.5, 0.6) is 5.75 Å². The van der Waals surface area contributed by atoms with Gasteiger partial charge in [0.2, 0.25) is 0 Å². The van der Waals surface area contributed by atoms with Crippen LogP contribution in [0.2, 0.25) is 0 Å². The summed E-state index contributed by atoms with van der Waals surface area (Å²) in [6.45, 7) is 0. The molecule has 0 atom stereocenters. The first kappa shape index (κ1) is 10.7. The molecule has 3 rings (SSSR count). The van der Waals surface area contributed by atoms with Crippen molar-refractivity contribution >= 4 is 10.9 Å². The summed E-state index contributed by atoms with van der Waals surface area (Å²) in [5, 5.41) is 10.5. The fraction of sp³-hybridized carbons (Fsp3) is 0. The highest BCUT2D eigenvalue weighted by Crippen LogP contribution is 2.32. The number of hydrogen-bond donors (Lipinski definition) is 1. The monoisotopic (exact) mass is 240 g/mol. The Hall–Kier alpha value is -2.49. The largest absolute Gasteiger partial charge is 0.506 e. The zero-order valence-corrected chi connectivity index (χ0v) is 9.34. The van der Waals surface area contributed by atoms with Crippen molar-refractivity contribution in [2.75, 3.05) is 0 Å². The van der Waals surface area contributed by atoms with Crippen molar-refractivity contribution in [3.63, 3.8) is 0 Å². The van der Waals surface area contributed by atoms with Gasteiger partial charge in [-0.05, 0) is 30.3 Å². The molecule has 0 bridgehead atoms. The second-order valence-corrected chi connectivity index (χ2v) is 3.90. The number of aromatic hydroxyl groups is 1. The Labute approximate surface area is 103 Å². The van der Waals surface area contributed by atoms with Gasteiger partial charge in [-0.3, -0.25) is 9.97 Å². The Morgan fingerprint density at radius 2 is 1.78 bits per heavy atom. The molecule has 4 heteroatoms. The fourth-order valence-electron chi connectivity index (χ4n) is 1.94. The second-order valence-electron chi connectivity index (χ2n) is 3.90. The van der Waals surface area contributed by atoms with Crippen molar-refractivity contribution < 1.29 is 9.50 Å². The van der Waals surface area contributed by atoms with Gasteiger partial charge in [0.05, 0.1) is 5.52 Å². The maximum Gasteiger partial charge on any atom is 0.141 e. The first-order valence-corrected chi connectivity index (χ1v) is 5.44. The summed E-state index contributed by atoms with van der Waals surface area (Å²) in [5.74, 6) is -0.370. The molecule has 0 amide bonds. The number of hydrogen-bond acceptors (Lipinski definition) is 3. The van der Waals surface area contributed by atoms with Gasteiger partial charge in [0.15, 0.2) is 0 Å². The van der Waals surface area contributed by atoms with Gasteiger partial charge in [-0.15, -0.1) is 0 Å². The molecule has 2 heterocycles. The van der Waals surface area contributed by atoms with Crippen LogP contribution >= 0.6 is 0 Å². The first-order valence-electron chi connectivity index (χ1n) is 5.44. The molecule has 18 heavy (non-hydrogen) atoms. The predicted octanol–water partition coefficient (Wildman–Crippen LogP) is 3.14. The Kier molecular flexibility index (Phi) is 2.41. The van der Waals surface area contributed by atoms with E-state index in [1.54, 1.807) is 30.6 Å². The zero-order chi connectivity index (χ0) is 12.5. The van der Waals surface area contributed by atoms with Crippen LogP contribution in [0.4, 0.5) is 4.39 Å². The molecule has 3 nitrogen and oxygen atoms in total. The van der Waals surface area contributed by atoms with Crippen LogP contribution in [0, 0.1) is 5.82 Å². The molecule has 0 aliphatic heterocycles. The van der Waals surface area contributed by atoms with E-state index in [-0.39, 0.29) is 11.6 Å². The minimum absolute atomic E-state index is 0.00931. The van der Waals surface area contributed by atoms with Crippen LogP contribution in [0.3, 0.4) is 0 Å². The fourth-order valence-corrected chi connectivity index (χ4v) is 1.94. The maximum absolute atomic E-state index is 13.6. The molecule has 0 radical (unpaired) electrons. The van der Waals surface area contributed by atoms with Gasteiger partial charge in [-0.25, -0.2) is 4.39 Å². The number of pyridine rings is 2. The van der Waals surface area contributed by atoms with E-state index in [4.69, 9.17) is 0 Å². The standard InChI is InChI=1S/C14H9FN2O/c15-10-7-9-3-1-5-16-13(9)11(8-10)14-12(18)4-2-6-17-14/h1-8,18H. The Morgan fingerprint density at radius 3 is 2.61 bits per heavy atom. The summed E-state index contributed by atoms with van der Waals surface area (Å²) in [4.78, 5) is 8.31. The first-order chi connectivity index (χ1) is 8.75. The number of nitrogens with zero attached hydrogens (tertiary/aromatic N) is 2. The van der Waals surface area contributed by atoms with E-state index in [2.05, 4.69) is 9.97 Å². The van der Waals surface area contributed by atoms with Gasteiger partial charge in [-0.2, -0.15) is 0 Å². The van der Waals surface area contributed by atoms with Crippen LogP contribution in [0.25, 0.3) is 22.2 Å². The smallest absolute Gasteiger partial charge is 0.141 e. The number of rotatable bonds is 1. The molecule has 0 fully saturated rings. The Balaban J connectivity index is 2.39. The number of aromatic nitrogens is 2. The molecule has 1 N–H and O–H groups in total. The van der Waals surface area contributed by atoms with E-state index in [0.29, 0.717) is 22.2 Å². The minimum atomic E-state index is -0.379. The Morgan fingerprint density at radius 1 is 1.00 bits per heavy atom. The van der Waals surface area contributed by atoms with Gasteiger partial charge in [0, 0.05) is 23.3 Å². The topological polar surface area (TPSA) is 46.0 Å². The van der Waals surface area contributed by atoms with E-state index in [1.807, 2.05) is 0 Å². The zero-order valence-electron chi connectivity index (χ0n) is 9.34. The highest BCUT2D eigenvalue weighted by molar-refractivity contribution is 5.93. The highest BCUT2D eigenvalue weighted by atomic mass is 19.1. The van der Waals surface area contributed by atoms with Crippen molar-refractivity contribution in [3.8, 4) is 17.0 Å². The summed E-state index contributed by atoms with van der Waals surface area (Å²) in [5.41, 5.74) is 1.44. The van der Waals surface area contributed by atoms with E-state index < -0.39 is 0 Å². The maximum atomic E-state index is 13.6. The lowest BCUT2D eigenvalue weighted by Crippen LogP contribution is -1.90. The number of fused-ring (bicyclic) bond motifs is 1. The van der Waals surface area contributed by atoms with Crippen LogP contribution in [0.1, 0.15) is 0 Å². The normalized spacial score (nSPS) is 10.7. The lowest BCUT2D eigenvalue weighted by atomic mass is 10.1. The molecule has 0 spiro atoms. The summed E-state index contributed by atoms with van der Waals surface area (Å²) in [7, 11) is 0. The third-order valence-corrected chi connectivity index (χ3v) is 2.71. The molecule has 0 unspecified atom stereocenters. The molecule has 0 saturated heterocycles. The van der Waals surface area contributed by atoms with Gasteiger partial charge < -0.3 is 5.11 Å². The third kappa shape index (κ3) is 1.68. The molecule has 0 aliphatic rings. The quantitative estimate of drug-likeness (QED) is 0.710. The van der Waals surface area contributed by atoms with Crippen LogP contribution in [-0.4, -0.2) is 15.1 Å². The van der Waals surface area contributed by atoms with Crippen molar-refractivity contribution in [2.45, 2.75) is 0 Å².